The van der Waals surface area contributed by atoms with Gasteiger partial charge in [-0.15, -0.1) is 0 Å². The zero-order valence-electron chi connectivity index (χ0n) is 12.2. The van der Waals surface area contributed by atoms with Crippen LogP contribution in [0.15, 0.2) is 29.4 Å². The first kappa shape index (κ1) is 13.8. The lowest BCUT2D eigenvalue weighted by Crippen LogP contribution is -2.22. The van der Waals surface area contributed by atoms with E-state index in [1.165, 1.54) is 19.3 Å². The van der Waals surface area contributed by atoms with Crippen LogP contribution in [-0.4, -0.2) is 12.1 Å². The lowest BCUT2D eigenvalue weighted by Gasteiger charge is -2.15. The van der Waals surface area contributed by atoms with Crippen LogP contribution in [0.1, 0.15) is 43.7 Å². The standard InChI is InChI=1S/C17H19N3O/c1-17-9-3-2-4-14(17)15(17)16(21)20-19-11-13-7-5-12(10-18)6-8-13/h5-8,11,14-15H,2-4,9H2,1H3,(H,20,21)/b19-11-/t14-,15-,17-/m0/s1. The van der Waals surface area contributed by atoms with Crippen molar-refractivity contribution in [1.82, 2.24) is 5.43 Å². The molecule has 3 rings (SSSR count). The third-order valence-electron chi connectivity index (χ3n) is 5.04. The highest BCUT2D eigenvalue weighted by Crippen LogP contribution is 2.66. The second kappa shape index (κ2) is 5.33. The summed E-state index contributed by atoms with van der Waals surface area (Å²) in [5.41, 5.74) is 4.37. The lowest BCUT2D eigenvalue weighted by atomic mass is 9.90. The molecule has 4 heteroatoms. The molecule has 2 saturated carbocycles. The van der Waals surface area contributed by atoms with E-state index in [9.17, 15) is 4.79 Å². The lowest BCUT2D eigenvalue weighted by molar-refractivity contribution is -0.123. The van der Waals surface area contributed by atoms with Gasteiger partial charge < -0.3 is 0 Å². The monoisotopic (exact) mass is 281 g/mol. The number of carbonyl (C=O) groups is 1. The van der Waals surface area contributed by atoms with Gasteiger partial charge in [-0.25, -0.2) is 5.43 Å². The van der Waals surface area contributed by atoms with E-state index in [2.05, 4.69) is 23.5 Å². The van der Waals surface area contributed by atoms with Crippen molar-refractivity contribution in [3.05, 3.63) is 35.4 Å². The Bertz CT molecular complexity index is 614. The van der Waals surface area contributed by atoms with Crippen LogP contribution in [0.5, 0.6) is 0 Å². The molecule has 2 aliphatic rings. The van der Waals surface area contributed by atoms with Crippen molar-refractivity contribution in [1.29, 1.82) is 5.26 Å². The highest BCUT2D eigenvalue weighted by atomic mass is 16.2. The van der Waals surface area contributed by atoms with E-state index in [0.29, 0.717) is 11.5 Å². The van der Waals surface area contributed by atoms with Crippen molar-refractivity contribution < 1.29 is 4.79 Å². The molecule has 0 unspecified atom stereocenters. The van der Waals surface area contributed by atoms with Gasteiger partial charge in [0.05, 0.1) is 17.8 Å². The number of fused-ring (bicyclic) bond motifs is 1. The quantitative estimate of drug-likeness (QED) is 0.684. The molecule has 1 amide bonds. The van der Waals surface area contributed by atoms with Gasteiger partial charge in [-0.3, -0.25) is 4.79 Å². The van der Waals surface area contributed by atoms with Gasteiger partial charge in [0.15, 0.2) is 0 Å². The third-order valence-corrected chi connectivity index (χ3v) is 5.04. The van der Waals surface area contributed by atoms with Gasteiger partial charge in [0.25, 0.3) is 0 Å². The van der Waals surface area contributed by atoms with E-state index in [4.69, 9.17) is 5.26 Å². The minimum absolute atomic E-state index is 0.0503. The molecule has 0 bridgehead atoms. The van der Waals surface area contributed by atoms with E-state index in [0.717, 1.165) is 12.0 Å². The second-order valence-corrected chi connectivity index (χ2v) is 6.30. The zero-order valence-corrected chi connectivity index (χ0v) is 12.2. The van der Waals surface area contributed by atoms with Crippen LogP contribution in [0.25, 0.3) is 0 Å². The molecule has 0 radical (unpaired) electrons. The van der Waals surface area contributed by atoms with Crippen molar-refractivity contribution in [2.24, 2.45) is 22.4 Å². The number of amides is 1. The van der Waals surface area contributed by atoms with Crippen LogP contribution in [-0.2, 0) is 4.79 Å². The van der Waals surface area contributed by atoms with Gasteiger partial charge >= 0.3 is 0 Å². The van der Waals surface area contributed by atoms with Gasteiger partial charge in [0.2, 0.25) is 5.91 Å². The van der Waals surface area contributed by atoms with E-state index < -0.39 is 0 Å². The van der Waals surface area contributed by atoms with Gasteiger partial charge in [0.1, 0.15) is 0 Å². The van der Waals surface area contributed by atoms with Crippen LogP contribution < -0.4 is 5.43 Å². The summed E-state index contributed by atoms with van der Waals surface area (Å²) in [6.45, 7) is 2.23. The number of benzene rings is 1. The molecule has 1 N–H and O–H groups in total. The molecule has 0 heterocycles. The number of nitriles is 1. The van der Waals surface area contributed by atoms with Gasteiger partial charge in [-0.05, 0) is 41.9 Å². The molecule has 0 aromatic heterocycles. The average molecular weight is 281 g/mol. The molecule has 108 valence electrons. The van der Waals surface area contributed by atoms with Crippen molar-refractivity contribution >= 4 is 12.1 Å². The Morgan fingerprint density at radius 1 is 1.43 bits per heavy atom. The predicted molar refractivity (Wildman–Crippen MR) is 80.4 cm³/mol. The molecule has 2 aliphatic carbocycles. The zero-order chi connectivity index (χ0) is 14.9. The number of hydrogen-bond acceptors (Lipinski definition) is 3. The molecule has 0 aliphatic heterocycles. The number of nitrogens with one attached hydrogen (secondary N) is 1. The summed E-state index contributed by atoms with van der Waals surface area (Å²) >= 11 is 0. The normalized spacial score (nSPS) is 30.5. The summed E-state index contributed by atoms with van der Waals surface area (Å²) in [6, 6.07) is 9.17. The maximum atomic E-state index is 12.2. The van der Waals surface area contributed by atoms with Crippen molar-refractivity contribution in [3.63, 3.8) is 0 Å². The van der Waals surface area contributed by atoms with E-state index in [1.54, 1.807) is 18.3 Å². The number of hydrazone groups is 1. The fraction of sp³-hybridized carbons (Fsp3) is 0.471. The Hall–Kier alpha value is -2.15. The van der Waals surface area contributed by atoms with Crippen molar-refractivity contribution in [3.8, 4) is 6.07 Å². The first-order valence-electron chi connectivity index (χ1n) is 7.48. The molecule has 2 fully saturated rings. The molecule has 1 aromatic carbocycles. The first-order chi connectivity index (χ1) is 10.1. The number of carbonyl (C=O) groups excluding carboxylic acids is 1. The van der Waals surface area contributed by atoms with Crippen molar-refractivity contribution in [2.45, 2.75) is 32.6 Å². The SMILES string of the molecule is C[C@]12CCCC[C@H]1[C@H]2C(=O)N/N=C\c1ccc(C#N)cc1. The van der Waals surface area contributed by atoms with Crippen LogP contribution in [0, 0.1) is 28.6 Å². The minimum atomic E-state index is 0.0503. The van der Waals surface area contributed by atoms with Crippen LogP contribution in [0.2, 0.25) is 0 Å². The van der Waals surface area contributed by atoms with E-state index >= 15 is 0 Å². The molecule has 0 spiro atoms. The van der Waals surface area contributed by atoms with Crippen LogP contribution in [0.4, 0.5) is 0 Å². The Balaban J connectivity index is 1.56. The number of rotatable bonds is 3. The van der Waals surface area contributed by atoms with Crippen molar-refractivity contribution in [2.75, 3.05) is 0 Å². The van der Waals surface area contributed by atoms with E-state index in [-0.39, 0.29) is 17.2 Å². The Morgan fingerprint density at radius 2 is 2.19 bits per heavy atom. The largest absolute Gasteiger partial charge is 0.273 e. The molecule has 1 aromatic rings. The summed E-state index contributed by atoms with van der Waals surface area (Å²) in [5.74, 6) is 0.740. The highest BCUT2D eigenvalue weighted by Gasteiger charge is 2.64. The summed E-state index contributed by atoms with van der Waals surface area (Å²) in [7, 11) is 0. The second-order valence-electron chi connectivity index (χ2n) is 6.30. The maximum absolute atomic E-state index is 12.2. The van der Waals surface area contributed by atoms with Gasteiger partial charge in [-0.2, -0.15) is 10.4 Å². The Labute approximate surface area is 124 Å². The summed E-state index contributed by atoms with van der Waals surface area (Å²) in [5, 5.41) is 12.8. The molecule has 0 saturated heterocycles. The predicted octanol–water partition coefficient (Wildman–Crippen LogP) is 2.83. The topological polar surface area (TPSA) is 65.2 Å². The first-order valence-corrected chi connectivity index (χ1v) is 7.48. The minimum Gasteiger partial charge on any atom is -0.273 e. The third kappa shape index (κ3) is 2.56. The summed E-state index contributed by atoms with van der Waals surface area (Å²) < 4.78 is 0. The van der Waals surface area contributed by atoms with Gasteiger partial charge in [0, 0.05) is 5.92 Å². The van der Waals surface area contributed by atoms with Crippen LogP contribution in [0.3, 0.4) is 0 Å². The smallest absolute Gasteiger partial charge is 0.244 e. The number of nitrogens with zero attached hydrogens (tertiary/aromatic N) is 2. The Morgan fingerprint density at radius 3 is 2.81 bits per heavy atom. The number of hydrogen-bond donors (Lipinski definition) is 1. The fourth-order valence-electron chi connectivity index (χ4n) is 3.73. The molecular formula is C17H19N3O. The summed E-state index contributed by atoms with van der Waals surface area (Å²) in [4.78, 5) is 12.2. The summed E-state index contributed by atoms with van der Waals surface area (Å²) in [6.07, 6.45) is 6.44. The molecular weight excluding hydrogens is 262 g/mol. The fourth-order valence-corrected chi connectivity index (χ4v) is 3.73. The Kier molecular flexibility index (Phi) is 3.50. The van der Waals surface area contributed by atoms with Crippen LogP contribution >= 0.6 is 0 Å². The molecule has 21 heavy (non-hydrogen) atoms. The molecule has 4 nitrogen and oxygen atoms in total. The van der Waals surface area contributed by atoms with Gasteiger partial charge in [-0.1, -0.05) is 31.9 Å². The molecule has 3 atom stereocenters. The van der Waals surface area contributed by atoms with E-state index in [1.807, 2.05) is 12.1 Å². The maximum Gasteiger partial charge on any atom is 0.244 e. The average Bonchev–Trinajstić information content (AvgIpc) is 3.13. The highest BCUT2D eigenvalue weighted by molar-refractivity contribution is 5.85.